The number of nitrogens with zero attached hydrogens (tertiary/aromatic N) is 4. The third-order valence-corrected chi connectivity index (χ3v) is 6.08. The van der Waals surface area contributed by atoms with Gasteiger partial charge in [0.05, 0.1) is 0 Å². The average Bonchev–Trinajstić information content (AvgIpc) is 3.25. The topological polar surface area (TPSA) is 117 Å². The molecule has 0 aliphatic carbocycles. The van der Waals surface area contributed by atoms with Crippen LogP contribution >= 0.6 is 22.9 Å². The number of hydrogen-bond acceptors (Lipinski definition) is 9. The minimum absolute atomic E-state index is 0.370. The van der Waals surface area contributed by atoms with Crippen LogP contribution < -0.4 is 9.54 Å². The summed E-state index contributed by atoms with van der Waals surface area (Å²) in [4.78, 5) is 22.1. The number of rotatable bonds is 7. The van der Waals surface area contributed by atoms with E-state index in [-0.39, 0.29) is 0 Å². The second-order valence-electron chi connectivity index (χ2n) is 6.87. The van der Waals surface area contributed by atoms with Gasteiger partial charge in [-0.05, 0) is 0 Å². The molecule has 4 aromatic heterocycles. The number of ether oxygens (including phenoxy) is 1. The van der Waals surface area contributed by atoms with E-state index in [0.29, 0.717) is 27.7 Å². The van der Waals surface area contributed by atoms with Crippen molar-refractivity contribution in [3.05, 3.63) is 71.1 Å². The van der Waals surface area contributed by atoms with Crippen molar-refractivity contribution in [2.75, 3.05) is 0 Å². The zero-order valence-corrected chi connectivity index (χ0v) is 19.0. The third-order valence-electron chi connectivity index (χ3n) is 4.38. The first-order valence-electron chi connectivity index (χ1n) is 9.76. The van der Waals surface area contributed by atoms with Gasteiger partial charge in [0.1, 0.15) is 0 Å². The normalized spacial score (nSPS) is 13.6. The van der Waals surface area contributed by atoms with Crippen molar-refractivity contribution in [1.82, 2.24) is 19.9 Å². The van der Waals surface area contributed by atoms with Gasteiger partial charge in [-0.3, -0.25) is 0 Å². The van der Waals surface area contributed by atoms with Crippen LogP contribution in [0.15, 0.2) is 69.9 Å². The van der Waals surface area contributed by atoms with Gasteiger partial charge < -0.3 is 0 Å². The summed E-state index contributed by atoms with van der Waals surface area (Å²) in [6.07, 6.45) is 4.94. The number of aromatic amines is 1. The summed E-state index contributed by atoms with van der Waals surface area (Å²) < 4.78 is 6.13. The number of aliphatic hydroxyl groups excluding tert-OH is 2. The average molecular weight is 465 g/mol. The molecule has 0 aromatic carbocycles. The zero-order chi connectivity index (χ0) is 22.5. The fraction of sp³-hybridized carbons (Fsp3) is 0.190. The third kappa shape index (κ3) is 5.49. The van der Waals surface area contributed by atoms with E-state index in [1.165, 1.54) is 29.9 Å². The molecule has 0 saturated carbocycles. The van der Waals surface area contributed by atoms with E-state index in [1.54, 1.807) is 30.8 Å². The van der Waals surface area contributed by atoms with Crippen LogP contribution in [0.5, 0.6) is 11.5 Å². The Hall–Kier alpha value is -2.86. The molecule has 0 saturated heterocycles. The number of hydrogen-bond donors (Lipinski definition) is 3. The SMILES string of the molecule is Cc1ncccc1Oc1cc(Sc2ccccn2)cnc1/N=c1/[nH]c(C(O)C(C)O)bs1. The van der Waals surface area contributed by atoms with Crippen molar-refractivity contribution < 1.29 is 14.9 Å². The molecular formula is C21H20BN5O3S2. The Kier molecular flexibility index (Phi) is 7.10. The van der Waals surface area contributed by atoms with Crippen molar-refractivity contribution in [2.45, 2.75) is 36.0 Å². The quantitative estimate of drug-likeness (QED) is 0.383. The second-order valence-corrected chi connectivity index (χ2v) is 8.82. The molecule has 4 aromatic rings. The minimum atomic E-state index is -1.02. The molecule has 2 unspecified atom stereocenters. The van der Waals surface area contributed by atoms with Gasteiger partial charge in [0.25, 0.3) is 0 Å². The molecule has 11 heteroatoms. The van der Waals surface area contributed by atoms with Gasteiger partial charge in [0.2, 0.25) is 0 Å². The number of nitrogens with one attached hydrogen (secondary N) is 1. The molecular weight excluding hydrogens is 445 g/mol. The first-order chi connectivity index (χ1) is 15.5. The van der Waals surface area contributed by atoms with Gasteiger partial charge in [-0.25, -0.2) is 0 Å². The van der Waals surface area contributed by atoms with Crippen LogP contribution in [0.3, 0.4) is 0 Å². The van der Waals surface area contributed by atoms with Crippen molar-refractivity contribution in [2.24, 2.45) is 4.99 Å². The van der Waals surface area contributed by atoms with Crippen LogP contribution in [-0.2, 0) is 0 Å². The van der Waals surface area contributed by atoms with Crippen molar-refractivity contribution in [1.29, 1.82) is 0 Å². The predicted octanol–water partition coefficient (Wildman–Crippen LogP) is 3.50. The van der Waals surface area contributed by atoms with E-state index in [4.69, 9.17) is 4.74 Å². The standard InChI is InChI=1S/C21H20BN5O3S2/c1-12-15(6-5-9-23-12)30-16-10-14(31-17-7-3-4-8-24-17)11-25-20(16)27-21-26-19(22-32-21)18(29)13(2)28/h3-11,13,18,28-29H,1-2H3,(H,25,26,27). The van der Waals surface area contributed by atoms with Gasteiger partial charge in [0, 0.05) is 0 Å². The van der Waals surface area contributed by atoms with Gasteiger partial charge >= 0.3 is 193 Å². The first-order valence-corrected chi connectivity index (χ1v) is 11.5. The van der Waals surface area contributed by atoms with Crippen LogP contribution in [-0.4, -0.2) is 42.4 Å². The number of H-pyrrole nitrogens is 1. The predicted molar refractivity (Wildman–Crippen MR) is 124 cm³/mol. The first kappa shape index (κ1) is 22.3. The maximum atomic E-state index is 10.1. The fourth-order valence-electron chi connectivity index (χ4n) is 2.71. The molecule has 4 rings (SSSR count). The number of aromatic nitrogens is 4. The number of aliphatic hydroxyl groups is 2. The summed E-state index contributed by atoms with van der Waals surface area (Å²) in [7, 11) is 0. The molecule has 0 spiro atoms. The van der Waals surface area contributed by atoms with E-state index < -0.39 is 12.2 Å². The van der Waals surface area contributed by atoms with Gasteiger partial charge in [-0.15, -0.1) is 0 Å². The molecule has 2 atom stereocenters. The molecule has 162 valence electrons. The Labute approximate surface area is 193 Å². The molecule has 3 N–H and O–H groups in total. The summed E-state index contributed by atoms with van der Waals surface area (Å²) >= 11 is 2.76. The molecule has 0 bridgehead atoms. The Morgan fingerprint density at radius 3 is 2.72 bits per heavy atom. The summed E-state index contributed by atoms with van der Waals surface area (Å²) in [6.45, 7) is 3.39. The van der Waals surface area contributed by atoms with Crippen LogP contribution in [0.25, 0.3) is 0 Å². The molecule has 0 fully saturated rings. The van der Waals surface area contributed by atoms with Crippen LogP contribution in [0.4, 0.5) is 5.82 Å². The summed E-state index contributed by atoms with van der Waals surface area (Å²) in [5.74, 6) is 1.43. The molecule has 0 radical (unpaired) electrons. The Morgan fingerprint density at radius 1 is 1.12 bits per heavy atom. The molecule has 0 aliphatic rings. The van der Waals surface area contributed by atoms with Crippen LogP contribution in [0, 0.1) is 6.92 Å². The second kappa shape index (κ2) is 10.2. The van der Waals surface area contributed by atoms with E-state index in [9.17, 15) is 10.2 Å². The van der Waals surface area contributed by atoms with Crippen LogP contribution in [0.2, 0.25) is 0 Å². The summed E-state index contributed by atoms with van der Waals surface area (Å²) in [6, 6.07) is 11.2. The monoisotopic (exact) mass is 465 g/mol. The Bertz CT molecular complexity index is 1260. The molecule has 32 heavy (non-hydrogen) atoms. The number of aryl methyl sites for hydroxylation is 1. The summed E-state index contributed by atoms with van der Waals surface area (Å²) in [5, 5.41) is 20.5. The molecule has 0 amide bonds. The van der Waals surface area contributed by atoms with E-state index in [0.717, 1.165) is 15.6 Å². The maximum absolute atomic E-state index is 10.1. The fourth-order valence-corrected chi connectivity index (χ4v) is 4.24. The summed E-state index contributed by atoms with van der Waals surface area (Å²) in [5.41, 5.74) is 1.22. The van der Waals surface area contributed by atoms with E-state index in [1.807, 2.05) is 37.3 Å². The number of pyridine rings is 3. The van der Waals surface area contributed by atoms with E-state index in [2.05, 4.69) is 24.9 Å². The van der Waals surface area contributed by atoms with Crippen molar-refractivity contribution in [3.8, 4) is 11.5 Å². The van der Waals surface area contributed by atoms with Gasteiger partial charge in [0.15, 0.2) is 0 Å². The molecule has 8 nitrogen and oxygen atoms in total. The van der Waals surface area contributed by atoms with E-state index >= 15 is 0 Å². The Balaban J connectivity index is 1.71. The van der Waals surface area contributed by atoms with Crippen molar-refractivity contribution in [3.63, 3.8) is 0 Å². The van der Waals surface area contributed by atoms with Gasteiger partial charge in [-0.2, -0.15) is 0 Å². The zero-order valence-electron chi connectivity index (χ0n) is 17.3. The van der Waals surface area contributed by atoms with Crippen molar-refractivity contribution >= 4 is 34.9 Å². The van der Waals surface area contributed by atoms with Gasteiger partial charge in [-0.1, -0.05) is 0 Å². The Morgan fingerprint density at radius 2 is 1.97 bits per heavy atom. The molecule has 4 heterocycles. The van der Waals surface area contributed by atoms with Crippen LogP contribution in [0.1, 0.15) is 24.3 Å². The molecule has 0 aliphatic heterocycles.